The van der Waals surface area contributed by atoms with Gasteiger partial charge in [0.2, 0.25) is 0 Å². The summed E-state index contributed by atoms with van der Waals surface area (Å²) in [6, 6.07) is 14.1. The van der Waals surface area contributed by atoms with E-state index in [2.05, 4.69) is 0 Å². The van der Waals surface area contributed by atoms with Crippen LogP contribution in [-0.4, -0.2) is 21.6 Å². The normalized spacial score (nSPS) is 15.4. The van der Waals surface area contributed by atoms with Gasteiger partial charge in [-0.15, -0.1) is 0 Å². The second-order valence-electron chi connectivity index (χ2n) is 6.30. The van der Waals surface area contributed by atoms with Crippen molar-refractivity contribution in [1.82, 2.24) is 0 Å². The molecule has 3 rings (SSSR count). The van der Waals surface area contributed by atoms with Crippen LogP contribution in [0, 0.1) is 6.92 Å². The van der Waals surface area contributed by atoms with Crippen molar-refractivity contribution in [3.8, 4) is 5.75 Å². The van der Waals surface area contributed by atoms with E-state index >= 15 is 0 Å². The molecule has 24 heavy (non-hydrogen) atoms. The number of benzene rings is 2. The number of anilines is 1. The van der Waals surface area contributed by atoms with Crippen molar-refractivity contribution in [2.45, 2.75) is 43.6 Å². The summed E-state index contributed by atoms with van der Waals surface area (Å²) >= 11 is 0. The van der Waals surface area contributed by atoms with Crippen LogP contribution in [0.2, 0.25) is 0 Å². The molecule has 128 valence electrons. The Morgan fingerprint density at radius 1 is 0.958 bits per heavy atom. The minimum Gasteiger partial charge on any atom is -0.490 e. The molecule has 0 atom stereocenters. The van der Waals surface area contributed by atoms with Crippen LogP contribution in [0.5, 0.6) is 5.75 Å². The van der Waals surface area contributed by atoms with Crippen LogP contribution in [0.4, 0.5) is 5.69 Å². The Balaban J connectivity index is 1.76. The summed E-state index contributed by atoms with van der Waals surface area (Å²) in [4.78, 5) is 0.293. The van der Waals surface area contributed by atoms with Crippen molar-refractivity contribution in [2.75, 3.05) is 11.4 Å². The van der Waals surface area contributed by atoms with Gasteiger partial charge in [0, 0.05) is 7.05 Å². The van der Waals surface area contributed by atoms with E-state index in [1.165, 1.54) is 17.1 Å². The molecule has 2 aromatic carbocycles. The molecule has 0 saturated heterocycles. The fourth-order valence-corrected chi connectivity index (χ4v) is 4.14. The van der Waals surface area contributed by atoms with Gasteiger partial charge in [0.05, 0.1) is 16.7 Å². The summed E-state index contributed by atoms with van der Waals surface area (Å²) in [6.45, 7) is 1.93. The first-order valence-corrected chi connectivity index (χ1v) is 9.73. The van der Waals surface area contributed by atoms with E-state index in [9.17, 15) is 8.42 Å². The summed E-state index contributed by atoms with van der Waals surface area (Å²) in [5, 5.41) is 0. The monoisotopic (exact) mass is 345 g/mol. The van der Waals surface area contributed by atoms with Crippen molar-refractivity contribution < 1.29 is 13.2 Å². The summed E-state index contributed by atoms with van der Waals surface area (Å²) < 4.78 is 32.6. The quantitative estimate of drug-likeness (QED) is 0.818. The molecule has 0 bridgehead atoms. The Hall–Kier alpha value is -2.01. The maximum Gasteiger partial charge on any atom is 0.264 e. The third kappa shape index (κ3) is 3.56. The van der Waals surface area contributed by atoms with Gasteiger partial charge in [-0.05, 0) is 69.0 Å². The summed E-state index contributed by atoms with van der Waals surface area (Å²) in [5.41, 5.74) is 1.65. The van der Waals surface area contributed by atoms with Crippen LogP contribution in [0.15, 0.2) is 53.4 Å². The maximum absolute atomic E-state index is 12.7. The van der Waals surface area contributed by atoms with Gasteiger partial charge in [0.1, 0.15) is 5.75 Å². The van der Waals surface area contributed by atoms with Crippen LogP contribution < -0.4 is 9.04 Å². The zero-order chi connectivity index (χ0) is 17.2. The number of ether oxygens (including phenoxy) is 1. The van der Waals surface area contributed by atoms with E-state index in [0.29, 0.717) is 16.7 Å². The van der Waals surface area contributed by atoms with Crippen molar-refractivity contribution in [3.63, 3.8) is 0 Å². The smallest absolute Gasteiger partial charge is 0.264 e. The molecule has 4 nitrogen and oxygen atoms in total. The van der Waals surface area contributed by atoms with Gasteiger partial charge < -0.3 is 4.74 Å². The average molecular weight is 345 g/mol. The molecular weight excluding hydrogens is 322 g/mol. The van der Waals surface area contributed by atoms with Gasteiger partial charge >= 0.3 is 0 Å². The molecule has 0 heterocycles. The highest BCUT2D eigenvalue weighted by Crippen LogP contribution is 2.27. The third-order valence-electron chi connectivity index (χ3n) is 4.48. The highest BCUT2D eigenvalue weighted by Gasteiger charge is 2.21. The third-order valence-corrected chi connectivity index (χ3v) is 6.28. The van der Waals surface area contributed by atoms with Crippen molar-refractivity contribution in [3.05, 3.63) is 54.1 Å². The molecule has 0 unspecified atom stereocenters. The van der Waals surface area contributed by atoms with E-state index in [0.717, 1.165) is 24.2 Å². The summed E-state index contributed by atoms with van der Waals surface area (Å²) in [6.07, 6.45) is 4.94. The average Bonchev–Trinajstić information content (AvgIpc) is 3.08. The van der Waals surface area contributed by atoms with Gasteiger partial charge in [0.25, 0.3) is 10.0 Å². The Kier molecular flexibility index (Phi) is 4.81. The Labute approximate surface area is 144 Å². The maximum atomic E-state index is 12.7. The molecule has 0 spiro atoms. The molecule has 0 radical (unpaired) electrons. The largest absolute Gasteiger partial charge is 0.490 e. The van der Waals surface area contributed by atoms with E-state index in [1.807, 2.05) is 19.1 Å². The molecule has 1 aliphatic rings. The lowest BCUT2D eigenvalue weighted by Crippen LogP contribution is -2.26. The lowest BCUT2D eigenvalue weighted by molar-refractivity contribution is 0.210. The van der Waals surface area contributed by atoms with Gasteiger partial charge in [-0.3, -0.25) is 4.31 Å². The fourth-order valence-electron chi connectivity index (χ4n) is 2.94. The van der Waals surface area contributed by atoms with E-state index in [1.54, 1.807) is 43.4 Å². The molecule has 5 heteroatoms. The Morgan fingerprint density at radius 2 is 1.54 bits per heavy atom. The molecular formula is C19H23NO3S. The Morgan fingerprint density at radius 3 is 2.12 bits per heavy atom. The highest BCUT2D eigenvalue weighted by molar-refractivity contribution is 7.92. The number of hydrogen-bond acceptors (Lipinski definition) is 3. The van der Waals surface area contributed by atoms with Gasteiger partial charge in [-0.1, -0.05) is 17.7 Å². The van der Waals surface area contributed by atoms with Crippen LogP contribution in [0.1, 0.15) is 31.2 Å². The van der Waals surface area contributed by atoms with Gasteiger partial charge in [0.15, 0.2) is 0 Å². The minimum absolute atomic E-state index is 0.293. The lowest BCUT2D eigenvalue weighted by atomic mass is 10.2. The number of rotatable bonds is 5. The molecule has 0 aliphatic heterocycles. The zero-order valence-corrected chi connectivity index (χ0v) is 14.9. The van der Waals surface area contributed by atoms with Gasteiger partial charge in [-0.2, -0.15) is 0 Å². The van der Waals surface area contributed by atoms with Crippen LogP contribution in [0.25, 0.3) is 0 Å². The van der Waals surface area contributed by atoms with E-state index in [4.69, 9.17) is 4.74 Å². The first-order valence-electron chi connectivity index (χ1n) is 8.29. The van der Waals surface area contributed by atoms with Crippen molar-refractivity contribution in [2.24, 2.45) is 0 Å². The molecule has 1 aliphatic carbocycles. The molecule has 0 aromatic heterocycles. The second-order valence-corrected chi connectivity index (χ2v) is 8.27. The predicted molar refractivity (Wildman–Crippen MR) is 96.1 cm³/mol. The van der Waals surface area contributed by atoms with E-state index in [-0.39, 0.29) is 0 Å². The van der Waals surface area contributed by atoms with Crippen molar-refractivity contribution in [1.29, 1.82) is 0 Å². The molecule has 0 N–H and O–H groups in total. The zero-order valence-electron chi connectivity index (χ0n) is 14.1. The predicted octanol–water partition coefficient (Wildman–Crippen LogP) is 4.14. The number of hydrogen-bond donors (Lipinski definition) is 0. The first kappa shape index (κ1) is 16.8. The number of aryl methyl sites for hydroxylation is 1. The van der Waals surface area contributed by atoms with Crippen LogP contribution in [-0.2, 0) is 10.0 Å². The topological polar surface area (TPSA) is 46.6 Å². The second kappa shape index (κ2) is 6.85. The van der Waals surface area contributed by atoms with Crippen LogP contribution >= 0.6 is 0 Å². The minimum atomic E-state index is -3.55. The molecule has 1 saturated carbocycles. The molecule has 1 fully saturated rings. The highest BCUT2D eigenvalue weighted by atomic mass is 32.2. The van der Waals surface area contributed by atoms with E-state index < -0.39 is 10.0 Å². The Bertz CT molecular complexity index is 776. The fraction of sp³-hybridized carbons (Fsp3) is 0.368. The number of nitrogens with zero attached hydrogens (tertiary/aromatic N) is 1. The molecule has 0 amide bonds. The standard InChI is InChI=1S/C19H23NO3S/c1-15-7-13-19(14-8-15)24(21,22)20(2)16-9-11-18(12-10-16)23-17-5-3-4-6-17/h7-14,17H,3-6H2,1-2H3. The van der Waals surface area contributed by atoms with Crippen molar-refractivity contribution >= 4 is 15.7 Å². The SMILES string of the molecule is Cc1ccc(S(=O)(=O)N(C)c2ccc(OC3CCCC3)cc2)cc1. The summed E-state index contributed by atoms with van der Waals surface area (Å²) in [7, 11) is -1.98. The number of sulfonamides is 1. The first-order chi connectivity index (χ1) is 11.5. The lowest BCUT2D eigenvalue weighted by Gasteiger charge is -2.20. The van der Waals surface area contributed by atoms with Crippen LogP contribution in [0.3, 0.4) is 0 Å². The molecule has 2 aromatic rings. The van der Waals surface area contributed by atoms with Gasteiger partial charge in [-0.25, -0.2) is 8.42 Å². The summed E-state index contributed by atoms with van der Waals surface area (Å²) in [5.74, 6) is 0.798.